The van der Waals surface area contributed by atoms with Gasteiger partial charge in [0.2, 0.25) is 0 Å². The van der Waals surface area contributed by atoms with Crippen LogP contribution >= 0.6 is 11.3 Å². The normalized spacial score (nSPS) is 12.9. The maximum absolute atomic E-state index is 4.14. The zero-order valence-corrected chi connectivity index (χ0v) is 9.40. The second-order valence-corrected chi connectivity index (χ2v) is 4.94. The lowest BCUT2D eigenvalue weighted by molar-refractivity contribution is 0.882. The molecule has 0 aliphatic rings. The van der Waals surface area contributed by atoms with Crippen molar-refractivity contribution in [3.63, 3.8) is 0 Å². The first-order valence-electron chi connectivity index (χ1n) is 4.87. The zero-order chi connectivity index (χ0) is 10.1. The predicted octanol–water partition coefficient (Wildman–Crippen LogP) is 2.75. The molecule has 1 aromatic carbocycles. The highest BCUT2D eigenvalue weighted by Crippen LogP contribution is 2.12. The van der Waals surface area contributed by atoms with Crippen LogP contribution < -0.4 is 9.75 Å². The number of fused-ring (bicyclic) bond motifs is 1. The van der Waals surface area contributed by atoms with Crippen molar-refractivity contribution in [2.24, 2.45) is 5.92 Å². The summed E-state index contributed by atoms with van der Waals surface area (Å²) >= 11 is 1.83. The molecule has 2 rings (SSSR count). The molecule has 0 bridgehead atoms. The minimum atomic E-state index is 0.587. The highest BCUT2D eigenvalue weighted by molar-refractivity contribution is 7.17. The van der Waals surface area contributed by atoms with Crippen LogP contribution in [0.3, 0.4) is 0 Å². The van der Waals surface area contributed by atoms with Gasteiger partial charge in [-0.05, 0) is 22.6 Å². The van der Waals surface area contributed by atoms with Gasteiger partial charge in [-0.25, -0.2) is 0 Å². The van der Waals surface area contributed by atoms with E-state index in [1.54, 1.807) is 0 Å². The van der Waals surface area contributed by atoms with Gasteiger partial charge in [-0.2, -0.15) is 0 Å². The molecule has 0 saturated carbocycles. The molecule has 0 N–H and O–H groups in total. The van der Waals surface area contributed by atoms with E-state index in [1.165, 1.54) is 19.8 Å². The molecule has 0 amide bonds. The minimum absolute atomic E-state index is 0.587. The highest BCUT2D eigenvalue weighted by atomic mass is 32.1. The smallest absolute Gasteiger partial charge is 0.0355 e. The van der Waals surface area contributed by atoms with Gasteiger partial charge in [0, 0.05) is 9.23 Å². The average molecular weight is 202 g/mol. The van der Waals surface area contributed by atoms with Crippen molar-refractivity contribution in [2.75, 3.05) is 0 Å². The van der Waals surface area contributed by atoms with Gasteiger partial charge in [0.25, 0.3) is 0 Å². The molecule has 0 spiro atoms. The van der Waals surface area contributed by atoms with Crippen LogP contribution in [0.15, 0.2) is 24.3 Å². The van der Waals surface area contributed by atoms with Crippen molar-refractivity contribution in [1.82, 2.24) is 0 Å². The van der Waals surface area contributed by atoms with Gasteiger partial charge in [-0.3, -0.25) is 0 Å². The van der Waals surface area contributed by atoms with Gasteiger partial charge < -0.3 is 0 Å². The Morgan fingerprint density at radius 1 is 1.29 bits per heavy atom. The van der Waals surface area contributed by atoms with Gasteiger partial charge in [0.1, 0.15) is 0 Å². The molecule has 0 nitrogen and oxygen atoms in total. The molecule has 0 aliphatic carbocycles. The van der Waals surface area contributed by atoms with Crippen LogP contribution in [0.2, 0.25) is 0 Å². The average Bonchev–Trinajstić information content (AvgIpc) is 2.44. The largest absolute Gasteiger partial charge is 0.136 e. The lowest BCUT2D eigenvalue weighted by Crippen LogP contribution is -2.17. The minimum Gasteiger partial charge on any atom is -0.136 e. The zero-order valence-electron chi connectivity index (χ0n) is 8.58. The number of thiophene rings is 1. The Morgan fingerprint density at radius 3 is 2.64 bits per heavy atom. The monoisotopic (exact) mass is 202 g/mol. The van der Waals surface area contributed by atoms with E-state index in [1.807, 2.05) is 11.3 Å². The molecule has 1 heteroatoms. The van der Waals surface area contributed by atoms with Gasteiger partial charge >= 0.3 is 0 Å². The summed E-state index contributed by atoms with van der Waals surface area (Å²) in [6, 6.07) is 8.46. The Labute approximate surface area is 88.2 Å². The molecule has 2 aromatic rings. The SMILES string of the molecule is C=c1/c(=C\C(C)C)sc2ccccc12. The first-order valence-corrected chi connectivity index (χ1v) is 5.68. The number of hydrogen-bond donors (Lipinski definition) is 0. The highest BCUT2D eigenvalue weighted by Gasteiger charge is 1.98. The van der Waals surface area contributed by atoms with Crippen LogP contribution in [0, 0.1) is 5.92 Å². The molecule has 72 valence electrons. The standard InChI is InChI=1S/C13H14S/c1-9(2)8-13-10(3)11-6-4-5-7-12(11)14-13/h4-9H,3H2,1-2H3/b13-8+. The summed E-state index contributed by atoms with van der Waals surface area (Å²) in [6.07, 6.45) is 2.28. The van der Waals surface area contributed by atoms with E-state index in [2.05, 4.69) is 50.8 Å². The van der Waals surface area contributed by atoms with Gasteiger partial charge in [0.15, 0.2) is 0 Å². The van der Waals surface area contributed by atoms with E-state index in [-0.39, 0.29) is 0 Å². The van der Waals surface area contributed by atoms with Crippen LogP contribution in [-0.2, 0) is 0 Å². The van der Waals surface area contributed by atoms with Crippen LogP contribution in [0.5, 0.6) is 0 Å². The molecular weight excluding hydrogens is 188 g/mol. The van der Waals surface area contributed by atoms with Crippen molar-refractivity contribution in [2.45, 2.75) is 13.8 Å². The molecule has 0 radical (unpaired) electrons. The summed E-state index contributed by atoms with van der Waals surface area (Å²) in [7, 11) is 0. The second-order valence-electron chi connectivity index (χ2n) is 3.85. The van der Waals surface area contributed by atoms with Crippen LogP contribution in [0.1, 0.15) is 13.8 Å². The molecule has 0 atom stereocenters. The Balaban J connectivity index is 2.82. The van der Waals surface area contributed by atoms with E-state index in [4.69, 9.17) is 0 Å². The molecule has 1 aromatic heterocycles. The van der Waals surface area contributed by atoms with Crippen molar-refractivity contribution in [3.05, 3.63) is 34.0 Å². The first kappa shape index (κ1) is 9.47. The predicted molar refractivity (Wildman–Crippen MR) is 65.9 cm³/mol. The molecule has 0 unspecified atom stereocenters. The lowest BCUT2D eigenvalue weighted by Gasteiger charge is -1.89. The number of rotatable bonds is 1. The third-order valence-corrected chi connectivity index (χ3v) is 3.39. The Kier molecular flexibility index (Phi) is 2.42. The summed E-state index contributed by atoms with van der Waals surface area (Å²) in [5.74, 6) is 0.587. The van der Waals surface area contributed by atoms with Crippen LogP contribution in [0.25, 0.3) is 22.7 Å². The molecule has 1 heterocycles. The molecule has 0 saturated heterocycles. The fourth-order valence-electron chi connectivity index (χ4n) is 1.56. The maximum Gasteiger partial charge on any atom is 0.0355 e. The van der Waals surface area contributed by atoms with E-state index >= 15 is 0 Å². The molecule has 0 fully saturated rings. The first-order chi connectivity index (χ1) is 6.68. The summed E-state index contributed by atoms with van der Waals surface area (Å²) < 4.78 is 2.66. The lowest BCUT2D eigenvalue weighted by atomic mass is 10.2. The van der Waals surface area contributed by atoms with E-state index in [9.17, 15) is 0 Å². The second kappa shape index (κ2) is 3.58. The number of benzene rings is 1. The molecule has 14 heavy (non-hydrogen) atoms. The van der Waals surface area contributed by atoms with Crippen molar-refractivity contribution in [1.29, 1.82) is 0 Å². The fraction of sp³-hybridized carbons (Fsp3) is 0.231. The Hall–Kier alpha value is -1.08. The fourth-order valence-corrected chi connectivity index (χ4v) is 2.81. The van der Waals surface area contributed by atoms with Crippen LogP contribution in [0.4, 0.5) is 0 Å². The molecule has 0 aliphatic heterocycles. The maximum atomic E-state index is 4.14. The molecular formula is C13H14S. The third kappa shape index (κ3) is 1.60. The van der Waals surface area contributed by atoms with Gasteiger partial charge in [0.05, 0.1) is 0 Å². The number of hydrogen-bond acceptors (Lipinski definition) is 1. The van der Waals surface area contributed by atoms with Gasteiger partial charge in [-0.15, -0.1) is 11.3 Å². The summed E-state index contributed by atoms with van der Waals surface area (Å²) in [6.45, 7) is 8.54. The summed E-state index contributed by atoms with van der Waals surface area (Å²) in [5, 5.41) is 2.48. The van der Waals surface area contributed by atoms with Gasteiger partial charge in [-0.1, -0.05) is 44.7 Å². The summed E-state index contributed by atoms with van der Waals surface area (Å²) in [4.78, 5) is 0. The van der Waals surface area contributed by atoms with E-state index < -0.39 is 0 Å². The Morgan fingerprint density at radius 2 is 2.00 bits per heavy atom. The Bertz CT molecular complexity index is 546. The summed E-state index contributed by atoms with van der Waals surface area (Å²) in [5.41, 5.74) is 0. The van der Waals surface area contributed by atoms with Crippen molar-refractivity contribution in [3.8, 4) is 0 Å². The van der Waals surface area contributed by atoms with Crippen LogP contribution in [-0.4, -0.2) is 0 Å². The van der Waals surface area contributed by atoms with E-state index in [0.29, 0.717) is 5.92 Å². The topological polar surface area (TPSA) is 0 Å². The van der Waals surface area contributed by atoms with E-state index in [0.717, 1.165) is 0 Å². The quantitative estimate of drug-likeness (QED) is 0.667. The third-order valence-electron chi connectivity index (χ3n) is 2.21. The van der Waals surface area contributed by atoms with Crippen molar-refractivity contribution < 1.29 is 0 Å². The van der Waals surface area contributed by atoms with Crippen molar-refractivity contribution >= 4 is 34.1 Å².